The Morgan fingerprint density at radius 1 is 0.971 bits per heavy atom. The molecular formula is C26H25F2N5O2. The summed E-state index contributed by atoms with van der Waals surface area (Å²) in [5, 5.41) is 2.71. The summed E-state index contributed by atoms with van der Waals surface area (Å²) in [5.41, 5.74) is 1.76. The molecule has 0 unspecified atom stereocenters. The highest BCUT2D eigenvalue weighted by atomic mass is 19.1. The van der Waals surface area contributed by atoms with Gasteiger partial charge in [0.25, 0.3) is 5.91 Å². The summed E-state index contributed by atoms with van der Waals surface area (Å²) >= 11 is 0. The minimum absolute atomic E-state index is 0.0286. The smallest absolute Gasteiger partial charge is 0.255 e. The number of likely N-dealkylation sites (N-methyl/N-ethyl adjacent to an activating group) is 2. The summed E-state index contributed by atoms with van der Waals surface area (Å²) in [4.78, 5) is 37.9. The molecule has 3 heterocycles. The van der Waals surface area contributed by atoms with Gasteiger partial charge in [0.2, 0.25) is 5.91 Å². The molecular weight excluding hydrogens is 452 g/mol. The Hall–Kier alpha value is -3.72. The average molecular weight is 478 g/mol. The van der Waals surface area contributed by atoms with Crippen molar-refractivity contribution in [2.45, 2.75) is 25.4 Å². The van der Waals surface area contributed by atoms with Crippen LogP contribution in [0.15, 0.2) is 42.5 Å². The van der Waals surface area contributed by atoms with Crippen LogP contribution >= 0.6 is 0 Å². The van der Waals surface area contributed by atoms with Gasteiger partial charge < -0.3 is 10.2 Å². The third-order valence-electron chi connectivity index (χ3n) is 7.07. The maximum atomic E-state index is 14.4. The fourth-order valence-corrected chi connectivity index (χ4v) is 4.80. The van der Waals surface area contributed by atoms with Crippen molar-refractivity contribution in [1.29, 1.82) is 0 Å². The molecule has 1 fully saturated rings. The van der Waals surface area contributed by atoms with E-state index in [0.29, 0.717) is 23.5 Å². The molecule has 0 bridgehead atoms. The van der Waals surface area contributed by atoms with E-state index in [1.54, 1.807) is 11.9 Å². The topological polar surface area (TPSA) is 78.4 Å². The zero-order chi connectivity index (χ0) is 24.9. The molecule has 0 aliphatic carbocycles. The number of amides is 2. The van der Waals surface area contributed by atoms with Gasteiger partial charge in [-0.3, -0.25) is 14.5 Å². The number of aromatic nitrogens is 2. The Bertz CT molecular complexity index is 1320. The van der Waals surface area contributed by atoms with Crippen molar-refractivity contribution in [3.8, 4) is 11.4 Å². The van der Waals surface area contributed by atoms with E-state index in [1.165, 1.54) is 6.07 Å². The molecule has 2 aromatic carbocycles. The minimum Gasteiger partial charge on any atom is -0.346 e. The maximum absolute atomic E-state index is 14.4. The molecule has 1 aromatic heterocycles. The Balaban J connectivity index is 1.52. The van der Waals surface area contributed by atoms with Gasteiger partial charge in [-0.05, 0) is 37.2 Å². The van der Waals surface area contributed by atoms with Crippen LogP contribution in [-0.2, 0) is 23.3 Å². The second-order valence-corrected chi connectivity index (χ2v) is 9.19. The first-order valence-electron chi connectivity index (χ1n) is 11.4. The molecule has 2 aliphatic rings. The van der Waals surface area contributed by atoms with Crippen LogP contribution in [0.4, 0.5) is 8.78 Å². The van der Waals surface area contributed by atoms with Crippen molar-refractivity contribution in [1.82, 2.24) is 25.1 Å². The van der Waals surface area contributed by atoms with E-state index in [2.05, 4.69) is 15.3 Å². The summed E-state index contributed by atoms with van der Waals surface area (Å²) in [6.07, 6.45) is 0.266. The summed E-state index contributed by atoms with van der Waals surface area (Å²) in [6, 6.07) is 11.2. The van der Waals surface area contributed by atoms with Gasteiger partial charge in [0.1, 0.15) is 17.2 Å². The number of benzene rings is 2. The van der Waals surface area contributed by atoms with Gasteiger partial charge in [0.05, 0.1) is 29.1 Å². The number of piperazine rings is 1. The lowest BCUT2D eigenvalue weighted by Gasteiger charge is -2.45. The molecule has 1 N–H and O–H groups in total. The monoisotopic (exact) mass is 477 g/mol. The third-order valence-corrected chi connectivity index (χ3v) is 7.07. The first kappa shape index (κ1) is 23.0. The number of fused-ring (bicyclic) bond motifs is 1. The molecule has 9 heteroatoms. The summed E-state index contributed by atoms with van der Waals surface area (Å²) in [6.45, 7) is 3.52. The highest BCUT2D eigenvalue weighted by Gasteiger charge is 2.44. The molecule has 1 saturated heterocycles. The van der Waals surface area contributed by atoms with Crippen molar-refractivity contribution < 1.29 is 18.4 Å². The summed E-state index contributed by atoms with van der Waals surface area (Å²) in [5.74, 6) is -1.90. The van der Waals surface area contributed by atoms with Crippen LogP contribution in [0, 0.1) is 11.6 Å². The number of halogens is 2. The lowest BCUT2D eigenvalue weighted by molar-refractivity contribution is -0.147. The van der Waals surface area contributed by atoms with Crippen molar-refractivity contribution in [2.75, 3.05) is 27.2 Å². The van der Waals surface area contributed by atoms with Gasteiger partial charge >= 0.3 is 0 Å². The summed E-state index contributed by atoms with van der Waals surface area (Å²) in [7, 11) is 3.74. The largest absolute Gasteiger partial charge is 0.346 e. The molecule has 1 atom stereocenters. The second-order valence-electron chi connectivity index (χ2n) is 9.19. The average Bonchev–Trinajstić information content (AvgIpc) is 3.21. The van der Waals surface area contributed by atoms with E-state index in [-0.39, 0.29) is 36.2 Å². The normalized spacial score (nSPS) is 20.2. The first-order chi connectivity index (χ1) is 16.7. The molecule has 2 aliphatic heterocycles. The summed E-state index contributed by atoms with van der Waals surface area (Å²) < 4.78 is 28.9. The number of nitrogens with zero attached hydrogens (tertiary/aromatic N) is 4. The quantitative estimate of drug-likeness (QED) is 0.625. The third kappa shape index (κ3) is 3.76. The molecule has 2 amide bonds. The van der Waals surface area contributed by atoms with Gasteiger partial charge in [-0.25, -0.2) is 18.7 Å². The Kier molecular flexibility index (Phi) is 5.59. The van der Waals surface area contributed by atoms with Gasteiger partial charge in [-0.15, -0.1) is 0 Å². The standard InChI is InChI=1S/C26H25F2N5O2/c1-26(25(35)32(2)11-12-33(26)3)16-9-7-15(8-10-16)13-19-22-20(14-29-24(22)34)31-23(30-19)21-17(27)5-4-6-18(21)28/h4-10H,11-14H2,1-3H3,(H,29,34)/t26-/m0/s1. The van der Waals surface area contributed by atoms with Gasteiger partial charge in [0, 0.05) is 26.6 Å². The van der Waals surface area contributed by atoms with Crippen molar-refractivity contribution >= 4 is 11.8 Å². The predicted octanol–water partition coefficient (Wildman–Crippen LogP) is 2.88. The fourth-order valence-electron chi connectivity index (χ4n) is 4.80. The van der Waals surface area contributed by atoms with Crippen molar-refractivity contribution in [3.05, 3.63) is 82.2 Å². The number of hydrogen-bond acceptors (Lipinski definition) is 5. The van der Waals surface area contributed by atoms with Crippen LogP contribution in [0.1, 0.15) is 39.8 Å². The molecule has 0 saturated carbocycles. The van der Waals surface area contributed by atoms with Crippen LogP contribution in [0.2, 0.25) is 0 Å². The maximum Gasteiger partial charge on any atom is 0.255 e. The molecule has 3 aromatic rings. The Morgan fingerprint density at radius 3 is 2.34 bits per heavy atom. The van der Waals surface area contributed by atoms with E-state index in [0.717, 1.165) is 29.8 Å². The number of carbonyl (C=O) groups is 2. The predicted molar refractivity (Wildman–Crippen MR) is 125 cm³/mol. The lowest BCUT2D eigenvalue weighted by atomic mass is 9.86. The van der Waals surface area contributed by atoms with Crippen LogP contribution in [-0.4, -0.2) is 58.8 Å². The van der Waals surface area contributed by atoms with E-state index in [9.17, 15) is 18.4 Å². The number of rotatable bonds is 4. The van der Waals surface area contributed by atoms with E-state index >= 15 is 0 Å². The van der Waals surface area contributed by atoms with E-state index in [1.807, 2.05) is 43.1 Å². The van der Waals surface area contributed by atoms with Crippen LogP contribution < -0.4 is 5.32 Å². The van der Waals surface area contributed by atoms with Gasteiger partial charge in [-0.2, -0.15) is 0 Å². The van der Waals surface area contributed by atoms with E-state index < -0.39 is 17.2 Å². The molecule has 35 heavy (non-hydrogen) atoms. The minimum atomic E-state index is -0.781. The van der Waals surface area contributed by atoms with Gasteiger partial charge in [-0.1, -0.05) is 30.3 Å². The highest BCUT2D eigenvalue weighted by molar-refractivity contribution is 5.99. The number of hydrogen-bond donors (Lipinski definition) is 1. The van der Waals surface area contributed by atoms with Gasteiger partial charge in [0.15, 0.2) is 5.82 Å². The Labute approximate surface area is 201 Å². The van der Waals surface area contributed by atoms with Crippen molar-refractivity contribution in [2.24, 2.45) is 0 Å². The zero-order valence-electron chi connectivity index (χ0n) is 19.7. The molecule has 5 rings (SSSR count). The van der Waals surface area contributed by atoms with Crippen LogP contribution in [0.5, 0.6) is 0 Å². The molecule has 7 nitrogen and oxygen atoms in total. The van der Waals surface area contributed by atoms with Crippen LogP contribution in [0.3, 0.4) is 0 Å². The lowest BCUT2D eigenvalue weighted by Crippen LogP contribution is -2.60. The number of nitrogens with one attached hydrogen (secondary N) is 1. The van der Waals surface area contributed by atoms with E-state index in [4.69, 9.17) is 0 Å². The molecule has 180 valence electrons. The van der Waals surface area contributed by atoms with Crippen LogP contribution in [0.25, 0.3) is 11.4 Å². The fraction of sp³-hybridized carbons (Fsp3) is 0.308. The Morgan fingerprint density at radius 2 is 1.66 bits per heavy atom. The van der Waals surface area contributed by atoms with Crippen molar-refractivity contribution in [3.63, 3.8) is 0 Å². The number of carbonyl (C=O) groups excluding carboxylic acids is 2. The first-order valence-corrected chi connectivity index (χ1v) is 11.4. The SMILES string of the molecule is CN1CCN(C)[C@@](C)(c2ccc(Cc3nc(-c4c(F)cccc4F)nc4c3C(=O)NC4)cc2)C1=O. The molecule has 0 spiro atoms. The zero-order valence-corrected chi connectivity index (χ0v) is 19.7. The second kappa shape index (κ2) is 8.49. The highest BCUT2D eigenvalue weighted by Crippen LogP contribution is 2.33. The molecule has 0 radical (unpaired) electrons.